The lowest BCUT2D eigenvalue weighted by molar-refractivity contribution is -0.385. The Hall–Kier alpha value is -4.12. The Morgan fingerprint density at radius 1 is 1.18 bits per heavy atom. The van der Waals surface area contributed by atoms with Gasteiger partial charge in [0.15, 0.2) is 0 Å². The zero-order chi connectivity index (χ0) is 24.4. The van der Waals surface area contributed by atoms with Crippen LogP contribution in [-0.2, 0) is 24.7 Å². The van der Waals surface area contributed by atoms with Gasteiger partial charge in [0.05, 0.1) is 22.4 Å². The molecule has 0 radical (unpaired) electrons. The number of nitro benzene ring substituents is 1. The molecule has 3 aliphatic rings. The minimum atomic E-state index is -1.51. The number of para-hydroxylation sites is 1. The van der Waals surface area contributed by atoms with Crippen LogP contribution in [0, 0.1) is 28.9 Å². The Kier molecular flexibility index (Phi) is 4.76. The summed E-state index contributed by atoms with van der Waals surface area (Å²) in [5, 5.41) is 17.4. The molecule has 11 heteroatoms. The number of primary amides is 1. The maximum Gasteiger partial charge on any atom is 0.274 e. The molecule has 1 spiro atoms. The maximum absolute atomic E-state index is 13.8. The molecule has 5 rings (SSSR count). The number of aryl methyl sites for hydroxylation is 1. The molecule has 0 aromatic heterocycles. The molecule has 4 amide bonds. The minimum Gasteiger partial charge on any atom is -0.370 e. The molecule has 0 saturated carbocycles. The summed E-state index contributed by atoms with van der Waals surface area (Å²) in [4.78, 5) is 64.0. The van der Waals surface area contributed by atoms with Gasteiger partial charge in [0.25, 0.3) is 5.69 Å². The van der Waals surface area contributed by atoms with E-state index in [0.717, 1.165) is 4.90 Å². The highest BCUT2D eigenvalue weighted by Crippen LogP contribution is 2.54. The Morgan fingerprint density at radius 3 is 2.62 bits per heavy atom. The lowest BCUT2D eigenvalue weighted by Crippen LogP contribution is -2.53. The number of carbonyl (C=O) groups excluding carboxylic acids is 4. The molecule has 0 aliphatic carbocycles. The maximum atomic E-state index is 13.8. The van der Waals surface area contributed by atoms with Crippen molar-refractivity contribution < 1.29 is 24.1 Å². The number of hydrogen-bond acceptors (Lipinski definition) is 7. The lowest BCUT2D eigenvalue weighted by atomic mass is 9.76. The number of nitro groups is 1. The molecule has 2 fully saturated rings. The van der Waals surface area contributed by atoms with Crippen LogP contribution < -0.4 is 21.3 Å². The third-order valence-electron chi connectivity index (χ3n) is 6.97. The quantitative estimate of drug-likeness (QED) is 0.339. The van der Waals surface area contributed by atoms with Crippen LogP contribution in [-0.4, -0.2) is 34.6 Å². The summed E-state index contributed by atoms with van der Waals surface area (Å²) in [5.41, 5.74) is 5.10. The summed E-state index contributed by atoms with van der Waals surface area (Å²) in [5.74, 6) is -4.30. The van der Waals surface area contributed by atoms with Crippen LogP contribution >= 0.6 is 0 Å². The van der Waals surface area contributed by atoms with E-state index in [2.05, 4.69) is 10.6 Å². The molecule has 11 nitrogen and oxygen atoms in total. The molecule has 3 aliphatic heterocycles. The fourth-order valence-electron chi connectivity index (χ4n) is 5.49. The summed E-state index contributed by atoms with van der Waals surface area (Å²) in [6.45, 7) is 1.56. The van der Waals surface area contributed by atoms with Crippen molar-refractivity contribution in [1.82, 2.24) is 5.32 Å². The van der Waals surface area contributed by atoms with Crippen LogP contribution in [0.1, 0.15) is 24.0 Å². The smallest absolute Gasteiger partial charge is 0.274 e. The summed E-state index contributed by atoms with van der Waals surface area (Å²) in [7, 11) is 0. The lowest BCUT2D eigenvalue weighted by Gasteiger charge is -2.29. The zero-order valence-electron chi connectivity index (χ0n) is 18.1. The van der Waals surface area contributed by atoms with E-state index in [1.807, 2.05) is 0 Å². The molecular weight excluding hydrogens is 442 g/mol. The molecule has 0 bridgehead atoms. The summed E-state index contributed by atoms with van der Waals surface area (Å²) < 4.78 is 0. The van der Waals surface area contributed by atoms with E-state index in [9.17, 15) is 29.3 Å². The number of carbonyl (C=O) groups is 4. The Morgan fingerprint density at radius 2 is 1.91 bits per heavy atom. The van der Waals surface area contributed by atoms with Gasteiger partial charge in [0.2, 0.25) is 23.6 Å². The largest absolute Gasteiger partial charge is 0.370 e. The van der Waals surface area contributed by atoms with Crippen molar-refractivity contribution in [2.24, 2.45) is 17.6 Å². The van der Waals surface area contributed by atoms with Crippen LogP contribution in [0.15, 0.2) is 42.5 Å². The number of anilines is 2. The van der Waals surface area contributed by atoms with Crippen LogP contribution in [0.5, 0.6) is 0 Å². The third kappa shape index (κ3) is 2.86. The molecule has 2 aromatic carbocycles. The number of benzene rings is 2. The number of nitrogens with zero attached hydrogens (tertiary/aromatic N) is 2. The molecule has 2 saturated heterocycles. The van der Waals surface area contributed by atoms with E-state index in [1.165, 1.54) is 18.2 Å². The highest BCUT2D eigenvalue weighted by molar-refractivity contribution is 6.26. The van der Waals surface area contributed by atoms with E-state index in [-0.39, 0.29) is 24.2 Å². The van der Waals surface area contributed by atoms with Gasteiger partial charge in [0.1, 0.15) is 5.54 Å². The number of nitrogens with one attached hydrogen (secondary N) is 2. The van der Waals surface area contributed by atoms with Crippen molar-refractivity contribution >= 4 is 40.7 Å². The summed E-state index contributed by atoms with van der Waals surface area (Å²) >= 11 is 0. The molecule has 174 valence electrons. The minimum absolute atomic E-state index is 0.0439. The van der Waals surface area contributed by atoms with Crippen molar-refractivity contribution in [3.8, 4) is 0 Å². The average Bonchev–Trinajstić information content (AvgIpc) is 3.37. The van der Waals surface area contributed by atoms with Crippen LogP contribution in [0.3, 0.4) is 0 Å². The molecule has 2 aromatic rings. The number of amides is 4. The molecule has 3 heterocycles. The zero-order valence-corrected chi connectivity index (χ0v) is 18.1. The van der Waals surface area contributed by atoms with Crippen molar-refractivity contribution in [1.29, 1.82) is 0 Å². The molecule has 34 heavy (non-hydrogen) atoms. The Bertz CT molecular complexity index is 1290. The second-order valence-corrected chi connectivity index (χ2v) is 8.81. The number of nitrogens with two attached hydrogens (primary N) is 1. The topological polar surface area (TPSA) is 165 Å². The SMILES string of the molecule is Cc1ccc(N2C(=O)[C@@H]3[C@H](CCC(N)=O)N[C@@]4(C(=O)Nc5ccccc54)[C@H]3C2=O)cc1[N+](=O)[O-]. The monoisotopic (exact) mass is 463 g/mol. The molecule has 0 unspecified atom stereocenters. The van der Waals surface area contributed by atoms with Crippen LogP contribution in [0.4, 0.5) is 17.1 Å². The van der Waals surface area contributed by atoms with Gasteiger partial charge in [-0.1, -0.05) is 24.3 Å². The van der Waals surface area contributed by atoms with E-state index in [4.69, 9.17) is 5.73 Å². The predicted molar refractivity (Wildman–Crippen MR) is 119 cm³/mol. The van der Waals surface area contributed by atoms with Crippen LogP contribution in [0.25, 0.3) is 0 Å². The molecule has 4 atom stereocenters. The van der Waals surface area contributed by atoms with Gasteiger partial charge in [-0.15, -0.1) is 0 Å². The van der Waals surface area contributed by atoms with Gasteiger partial charge >= 0.3 is 0 Å². The fraction of sp³-hybridized carbons (Fsp3) is 0.304. The fourth-order valence-corrected chi connectivity index (χ4v) is 5.49. The number of fused-ring (bicyclic) bond motifs is 4. The third-order valence-corrected chi connectivity index (χ3v) is 6.97. The number of imide groups is 1. The second-order valence-electron chi connectivity index (χ2n) is 8.81. The second kappa shape index (κ2) is 7.45. The van der Waals surface area contributed by atoms with Crippen molar-refractivity contribution in [3.63, 3.8) is 0 Å². The standard InChI is InChI=1S/C23H21N5O6/c1-11-6-7-12(10-16(11)28(33)34)27-20(30)18-15(8-9-17(24)29)26-23(19(18)21(27)31)13-4-2-3-5-14(13)25-22(23)32/h2-7,10,15,18-19,26H,8-9H2,1H3,(H2,24,29)(H,25,32)/t15-,18+,19+,23+/m0/s1. The van der Waals surface area contributed by atoms with Crippen LogP contribution in [0.2, 0.25) is 0 Å². The average molecular weight is 463 g/mol. The first-order valence-corrected chi connectivity index (χ1v) is 10.8. The van der Waals surface area contributed by atoms with Crippen molar-refractivity contribution in [2.75, 3.05) is 10.2 Å². The van der Waals surface area contributed by atoms with Gasteiger partial charge in [-0.3, -0.25) is 34.6 Å². The van der Waals surface area contributed by atoms with E-state index < -0.39 is 52.0 Å². The first-order valence-electron chi connectivity index (χ1n) is 10.8. The molecular formula is C23H21N5O6. The van der Waals surface area contributed by atoms with E-state index in [1.54, 1.807) is 31.2 Å². The van der Waals surface area contributed by atoms with E-state index >= 15 is 0 Å². The highest BCUT2D eigenvalue weighted by atomic mass is 16.6. The number of rotatable bonds is 5. The predicted octanol–water partition coefficient (Wildman–Crippen LogP) is 1.09. The highest BCUT2D eigenvalue weighted by Gasteiger charge is 2.70. The first kappa shape index (κ1) is 21.7. The van der Waals surface area contributed by atoms with Gasteiger partial charge in [-0.25, -0.2) is 4.90 Å². The van der Waals surface area contributed by atoms with Crippen molar-refractivity contribution in [3.05, 3.63) is 63.7 Å². The Labute approximate surface area is 193 Å². The first-order chi connectivity index (χ1) is 16.2. The van der Waals surface area contributed by atoms with Gasteiger partial charge in [-0.05, 0) is 25.5 Å². The molecule has 4 N–H and O–H groups in total. The van der Waals surface area contributed by atoms with Gasteiger partial charge in [0, 0.05) is 35.3 Å². The normalized spacial score (nSPS) is 27.1. The van der Waals surface area contributed by atoms with Gasteiger partial charge < -0.3 is 11.1 Å². The summed E-state index contributed by atoms with van der Waals surface area (Å²) in [6, 6.07) is 10.3. The number of hydrogen-bond donors (Lipinski definition) is 3. The van der Waals surface area contributed by atoms with Gasteiger partial charge in [-0.2, -0.15) is 0 Å². The summed E-state index contributed by atoms with van der Waals surface area (Å²) in [6.07, 6.45) is 0.103. The van der Waals surface area contributed by atoms with E-state index in [0.29, 0.717) is 16.8 Å². The Balaban J connectivity index is 1.64. The van der Waals surface area contributed by atoms with Crippen molar-refractivity contribution in [2.45, 2.75) is 31.3 Å².